The summed E-state index contributed by atoms with van der Waals surface area (Å²) < 4.78 is 0. The first-order valence-electron chi connectivity index (χ1n) is 7.24. The van der Waals surface area contributed by atoms with Gasteiger partial charge in [-0.3, -0.25) is 4.79 Å². The lowest BCUT2D eigenvalue weighted by atomic mass is 10.1. The maximum absolute atomic E-state index is 11.2. The van der Waals surface area contributed by atoms with E-state index in [1.165, 1.54) is 0 Å². The molecule has 1 aliphatic rings. The summed E-state index contributed by atoms with van der Waals surface area (Å²) in [6.45, 7) is 7.68. The highest BCUT2D eigenvalue weighted by atomic mass is 16.1. The van der Waals surface area contributed by atoms with Crippen molar-refractivity contribution in [2.24, 2.45) is 0 Å². The Morgan fingerprint density at radius 1 is 1.40 bits per heavy atom. The van der Waals surface area contributed by atoms with Crippen LogP contribution in [0.4, 0.5) is 11.6 Å². The lowest BCUT2D eigenvalue weighted by molar-refractivity contribution is -0.122. The van der Waals surface area contributed by atoms with Crippen molar-refractivity contribution in [2.75, 3.05) is 23.7 Å². The fourth-order valence-electron chi connectivity index (χ4n) is 2.13. The molecule has 3 N–H and O–H groups in total. The van der Waals surface area contributed by atoms with Crippen molar-refractivity contribution in [3.8, 4) is 0 Å². The van der Waals surface area contributed by atoms with Crippen LogP contribution in [0.3, 0.4) is 0 Å². The number of hydrogen-bond acceptors (Lipinski definition) is 5. The van der Waals surface area contributed by atoms with Gasteiger partial charge in [0.25, 0.3) is 0 Å². The zero-order valence-electron chi connectivity index (χ0n) is 12.4. The van der Waals surface area contributed by atoms with Gasteiger partial charge in [-0.1, -0.05) is 13.8 Å². The number of hydrogen-bond donors (Lipinski definition) is 3. The molecule has 1 saturated heterocycles. The molecule has 0 aromatic carbocycles. The number of aromatic nitrogens is 2. The average molecular weight is 277 g/mol. The number of carbonyl (C=O) groups is 1. The second-order valence-corrected chi connectivity index (χ2v) is 5.37. The second-order valence-electron chi connectivity index (χ2n) is 5.37. The molecule has 1 amide bonds. The molecule has 1 aromatic rings. The molecule has 0 aliphatic carbocycles. The van der Waals surface area contributed by atoms with Gasteiger partial charge in [0, 0.05) is 37.5 Å². The van der Waals surface area contributed by atoms with E-state index in [1.54, 1.807) is 0 Å². The first kappa shape index (κ1) is 14.6. The average Bonchev–Trinajstić information content (AvgIpc) is 2.41. The molecule has 1 unspecified atom stereocenters. The molecule has 1 aromatic heterocycles. The van der Waals surface area contributed by atoms with Gasteiger partial charge in [-0.2, -0.15) is 0 Å². The number of piperidine rings is 1. The minimum absolute atomic E-state index is 0.127. The van der Waals surface area contributed by atoms with E-state index < -0.39 is 0 Å². The van der Waals surface area contributed by atoms with E-state index in [0.717, 1.165) is 30.4 Å². The Balaban J connectivity index is 2.11. The monoisotopic (exact) mass is 277 g/mol. The molecule has 2 rings (SSSR count). The quantitative estimate of drug-likeness (QED) is 0.764. The highest BCUT2D eigenvalue weighted by Gasteiger charge is 2.18. The van der Waals surface area contributed by atoms with Crippen LogP contribution >= 0.6 is 0 Å². The van der Waals surface area contributed by atoms with E-state index in [2.05, 4.69) is 39.8 Å². The molecule has 6 nitrogen and oxygen atoms in total. The zero-order valence-corrected chi connectivity index (χ0v) is 12.4. The summed E-state index contributed by atoms with van der Waals surface area (Å²) in [5.74, 6) is 2.89. The van der Waals surface area contributed by atoms with Crippen LogP contribution in [0, 0.1) is 0 Å². The minimum Gasteiger partial charge on any atom is -0.370 e. The number of nitrogens with one attached hydrogen (secondary N) is 3. The van der Waals surface area contributed by atoms with Crippen molar-refractivity contribution in [1.82, 2.24) is 15.3 Å². The van der Waals surface area contributed by atoms with E-state index in [0.29, 0.717) is 13.0 Å². The molecule has 2 heterocycles. The summed E-state index contributed by atoms with van der Waals surface area (Å²) in [7, 11) is 0. The third-order valence-corrected chi connectivity index (χ3v) is 3.24. The van der Waals surface area contributed by atoms with E-state index in [4.69, 9.17) is 0 Å². The third-order valence-electron chi connectivity index (χ3n) is 3.24. The van der Waals surface area contributed by atoms with Crippen LogP contribution in [-0.4, -0.2) is 35.0 Å². The second kappa shape index (κ2) is 6.54. The number of carbonyl (C=O) groups excluding carboxylic acids is 1. The van der Waals surface area contributed by atoms with Crippen LogP contribution in [0.5, 0.6) is 0 Å². The Morgan fingerprint density at radius 3 is 2.75 bits per heavy atom. The van der Waals surface area contributed by atoms with Gasteiger partial charge in [-0.15, -0.1) is 0 Å². The van der Waals surface area contributed by atoms with Gasteiger partial charge < -0.3 is 16.0 Å². The lowest BCUT2D eigenvalue weighted by Gasteiger charge is -2.24. The first-order valence-corrected chi connectivity index (χ1v) is 7.24. The molecule has 6 heteroatoms. The normalized spacial score (nSPS) is 18.8. The Morgan fingerprint density at radius 2 is 2.15 bits per heavy atom. The maximum Gasteiger partial charge on any atom is 0.220 e. The SMILES string of the molecule is CCNc1cc(NC2CCC(=O)NC2)nc(C(C)C)n1. The number of rotatable bonds is 5. The number of amides is 1. The molecule has 1 atom stereocenters. The van der Waals surface area contributed by atoms with Crippen molar-refractivity contribution in [3.63, 3.8) is 0 Å². The van der Waals surface area contributed by atoms with Gasteiger partial charge in [0.2, 0.25) is 5.91 Å². The number of nitrogens with zero attached hydrogens (tertiary/aromatic N) is 2. The molecule has 0 radical (unpaired) electrons. The Bertz CT molecular complexity index is 465. The van der Waals surface area contributed by atoms with Crippen molar-refractivity contribution >= 4 is 17.5 Å². The Hall–Kier alpha value is -1.85. The molecule has 1 aliphatic heterocycles. The van der Waals surface area contributed by atoms with E-state index in [-0.39, 0.29) is 17.9 Å². The number of anilines is 2. The van der Waals surface area contributed by atoms with Gasteiger partial charge in [-0.25, -0.2) is 9.97 Å². The molecule has 0 spiro atoms. The summed E-state index contributed by atoms with van der Waals surface area (Å²) in [6.07, 6.45) is 1.41. The van der Waals surface area contributed by atoms with Crippen LogP contribution in [0.2, 0.25) is 0 Å². The van der Waals surface area contributed by atoms with E-state index in [9.17, 15) is 4.79 Å². The predicted molar refractivity (Wildman–Crippen MR) is 79.9 cm³/mol. The fourth-order valence-corrected chi connectivity index (χ4v) is 2.13. The molecule has 1 fully saturated rings. The molecular weight excluding hydrogens is 254 g/mol. The lowest BCUT2D eigenvalue weighted by Crippen LogP contribution is -2.42. The summed E-state index contributed by atoms with van der Waals surface area (Å²) in [5.41, 5.74) is 0. The van der Waals surface area contributed by atoms with Crippen LogP contribution in [-0.2, 0) is 4.79 Å². The summed E-state index contributed by atoms with van der Waals surface area (Å²) in [6, 6.07) is 2.16. The predicted octanol–water partition coefficient (Wildman–Crippen LogP) is 1.72. The van der Waals surface area contributed by atoms with Crippen molar-refractivity contribution in [2.45, 2.75) is 45.6 Å². The van der Waals surface area contributed by atoms with Gasteiger partial charge in [0.05, 0.1) is 0 Å². The Kier molecular flexibility index (Phi) is 4.76. The van der Waals surface area contributed by atoms with Crippen LogP contribution in [0.25, 0.3) is 0 Å². The minimum atomic E-state index is 0.127. The maximum atomic E-state index is 11.2. The van der Waals surface area contributed by atoms with Crippen molar-refractivity contribution < 1.29 is 4.79 Å². The topological polar surface area (TPSA) is 78.9 Å². The molecule has 110 valence electrons. The highest BCUT2D eigenvalue weighted by Crippen LogP contribution is 2.18. The van der Waals surface area contributed by atoms with Gasteiger partial charge in [0.1, 0.15) is 17.5 Å². The van der Waals surface area contributed by atoms with E-state index >= 15 is 0 Å². The molecule has 0 bridgehead atoms. The van der Waals surface area contributed by atoms with Crippen molar-refractivity contribution in [1.29, 1.82) is 0 Å². The van der Waals surface area contributed by atoms with Gasteiger partial charge in [0.15, 0.2) is 0 Å². The van der Waals surface area contributed by atoms with E-state index in [1.807, 2.05) is 13.0 Å². The van der Waals surface area contributed by atoms with Gasteiger partial charge >= 0.3 is 0 Å². The zero-order chi connectivity index (χ0) is 14.5. The van der Waals surface area contributed by atoms with Crippen molar-refractivity contribution in [3.05, 3.63) is 11.9 Å². The molecular formula is C14H23N5O. The fraction of sp³-hybridized carbons (Fsp3) is 0.643. The van der Waals surface area contributed by atoms with Crippen LogP contribution < -0.4 is 16.0 Å². The summed E-state index contributed by atoms with van der Waals surface area (Å²) in [5, 5.41) is 9.49. The summed E-state index contributed by atoms with van der Waals surface area (Å²) >= 11 is 0. The van der Waals surface area contributed by atoms with Crippen LogP contribution in [0.1, 0.15) is 45.4 Å². The smallest absolute Gasteiger partial charge is 0.220 e. The molecule has 0 saturated carbocycles. The molecule has 20 heavy (non-hydrogen) atoms. The van der Waals surface area contributed by atoms with Gasteiger partial charge in [-0.05, 0) is 13.3 Å². The largest absolute Gasteiger partial charge is 0.370 e. The Labute approximate surface area is 119 Å². The highest BCUT2D eigenvalue weighted by molar-refractivity contribution is 5.77. The van der Waals surface area contributed by atoms with Crippen LogP contribution in [0.15, 0.2) is 6.07 Å². The first-order chi connectivity index (χ1) is 9.58. The third kappa shape index (κ3) is 3.82. The summed E-state index contributed by atoms with van der Waals surface area (Å²) in [4.78, 5) is 20.2. The standard InChI is InChI=1S/C14H23N5O/c1-4-15-11-7-12(19-14(18-11)9(2)3)17-10-5-6-13(20)16-8-10/h7,9-10H,4-6,8H2,1-3H3,(H,16,20)(H2,15,17,18,19).